The second-order valence-electron chi connectivity index (χ2n) is 4.63. The lowest BCUT2D eigenvalue weighted by Crippen LogP contribution is -2.15. The first-order chi connectivity index (χ1) is 10.2. The van der Waals surface area contributed by atoms with Gasteiger partial charge in [-0.15, -0.1) is 0 Å². The molecule has 0 aliphatic heterocycles. The summed E-state index contributed by atoms with van der Waals surface area (Å²) in [7, 11) is 0. The van der Waals surface area contributed by atoms with Crippen molar-refractivity contribution in [2.45, 2.75) is 13.5 Å². The molecule has 5 heteroatoms. The number of benzene rings is 2. The number of carbonyl (C=O) groups is 1. The van der Waals surface area contributed by atoms with E-state index in [4.69, 9.17) is 0 Å². The number of nitrogens with one attached hydrogen (secondary N) is 1. The molecule has 1 N–H and O–H groups in total. The van der Waals surface area contributed by atoms with Crippen LogP contribution in [0.15, 0.2) is 48.5 Å². The summed E-state index contributed by atoms with van der Waals surface area (Å²) in [6.07, 6.45) is 0. The quantitative estimate of drug-likeness (QED) is 0.689. The zero-order valence-corrected chi connectivity index (χ0v) is 13.7. The van der Waals surface area contributed by atoms with Crippen molar-refractivity contribution in [1.29, 1.82) is 0 Å². The van der Waals surface area contributed by atoms with Gasteiger partial charge in [0.1, 0.15) is 0 Å². The average Bonchev–Trinajstić information content (AvgIpc) is 2.84. The van der Waals surface area contributed by atoms with E-state index in [-0.39, 0.29) is 5.91 Å². The zero-order valence-electron chi connectivity index (χ0n) is 11.5. The minimum atomic E-state index is -0.140. The SMILES string of the molecule is CCn1c(NC(=O)c2cccc(I)c2)nc2ccccc21. The molecule has 4 nitrogen and oxygen atoms in total. The lowest BCUT2D eigenvalue weighted by molar-refractivity contribution is 0.102. The predicted octanol–water partition coefficient (Wildman–Crippen LogP) is 3.91. The molecule has 0 aliphatic rings. The van der Waals surface area contributed by atoms with E-state index in [2.05, 4.69) is 32.9 Å². The number of halogens is 1. The Morgan fingerprint density at radius 3 is 2.81 bits per heavy atom. The maximum atomic E-state index is 12.3. The first-order valence-corrected chi connectivity index (χ1v) is 7.79. The summed E-state index contributed by atoms with van der Waals surface area (Å²) in [5.74, 6) is 0.445. The van der Waals surface area contributed by atoms with Crippen LogP contribution in [0.5, 0.6) is 0 Å². The van der Waals surface area contributed by atoms with Crippen LogP contribution in [-0.2, 0) is 6.54 Å². The minimum Gasteiger partial charge on any atom is -0.310 e. The molecular formula is C16H14IN3O. The maximum absolute atomic E-state index is 12.3. The molecule has 0 saturated heterocycles. The fraction of sp³-hybridized carbons (Fsp3) is 0.125. The molecule has 0 unspecified atom stereocenters. The molecule has 3 rings (SSSR count). The molecule has 1 amide bonds. The summed E-state index contributed by atoms with van der Waals surface area (Å²) in [5, 5.41) is 2.90. The Labute approximate surface area is 136 Å². The highest BCUT2D eigenvalue weighted by atomic mass is 127. The predicted molar refractivity (Wildman–Crippen MR) is 92.5 cm³/mol. The number of carbonyl (C=O) groups excluding carboxylic acids is 1. The van der Waals surface area contributed by atoms with Crippen LogP contribution in [-0.4, -0.2) is 15.5 Å². The van der Waals surface area contributed by atoms with Gasteiger partial charge >= 0.3 is 0 Å². The monoisotopic (exact) mass is 391 g/mol. The van der Waals surface area contributed by atoms with Crippen LogP contribution in [0.25, 0.3) is 11.0 Å². The molecule has 0 spiro atoms. The highest BCUT2D eigenvalue weighted by Crippen LogP contribution is 2.20. The Bertz CT molecular complexity index is 810. The molecule has 0 saturated carbocycles. The minimum absolute atomic E-state index is 0.140. The number of fused-ring (bicyclic) bond motifs is 1. The van der Waals surface area contributed by atoms with Gasteiger partial charge in [-0.25, -0.2) is 4.98 Å². The Morgan fingerprint density at radius 2 is 2.05 bits per heavy atom. The lowest BCUT2D eigenvalue weighted by atomic mass is 10.2. The molecule has 0 aliphatic carbocycles. The van der Waals surface area contributed by atoms with Crippen molar-refractivity contribution < 1.29 is 4.79 Å². The topological polar surface area (TPSA) is 46.9 Å². The number of para-hydroxylation sites is 2. The van der Waals surface area contributed by atoms with Gasteiger partial charge in [0.15, 0.2) is 0 Å². The van der Waals surface area contributed by atoms with Crippen molar-refractivity contribution in [2.24, 2.45) is 0 Å². The summed E-state index contributed by atoms with van der Waals surface area (Å²) in [5.41, 5.74) is 2.55. The van der Waals surface area contributed by atoms with E-state index in [9.17, 15) is 4.79 Å². The van der Waals surface area contributed by atoms with Crippen molar-refractivity contribution in [3.63, 3.8) is 0 Å². The summed E-state index contributed by atoms with van der Waals surface area (Å²) < 4.78 is 3.03. The standard InChI is InChI=1S/C16H14IN3O/c1-2-20-14-9-4-3-8-13(14)18-16(20)19-15(21)11-6-5-7-12(17)10-11/h3-10H,2H2,1H3,(H,18,19,21). The summed E-state index contributed by atoms with van der Waals surface area (Å²) >= 11 is 2.19. The highest BCUT2D eigenvalue weighted by Gasteiger charge is 2.13. The van der Waals surface area contributed by atoms with Crippen LogP contribution in [0.1, 0.15) is 17.3 Å². The number of hydrogen-bond acceptors (Lipinski definition) is 2. The van der Waals surface area contributed by atoms with E-state index in [0.29, 0.717) is 11.5 Å². The van der Waals surface area contributed by atoms with E-state index in [1.54, 1.807) is 6.07 Å². The van der Waals surface area contributed by atoms with E-state index < -0.39 is 0 Å². The fourth-order valence-corrected chi connectivity index (χ4v) is 2.84. The van der Waals surface area contributed by atoms with Crippen LogP contribution in [0.4, 0.5) is 5.95 Å². The first-order valence-electron chi connectivity index (χ1n) is 6.71. The van der Waals surface area contributed by atoms with Crippen molar-refractivity contribution >= 4 is 45.5 Å². The van der Waals surface area contributed by atoms with Crippen LogP contribution in [0.3, 0.4) is 0 Å². The van der Waals surface area contributed by atoms with E-state index >= 15 is 0 Å². The molecule has 3 aromatic rings. The molecule has 2 aromatic carbocycles. The van der Waals surface area contributed by atoms with Gasteiger partial charge in [0.05, 0.1) is 11.0 Å². The third kappa shape index (κ3) is 2.78. The van der Waals surface area contributed by atoms with E-state index in [1.807, 2.05) is 54.0 Å². The Morgan fingerprint density at radius 1 is 1.24 bits per heavy atom. The molecule has 0 fully saturated rings. The van der Waals surface area contributed by atoms with Crippen LogP contribution < -0.4 is 5.32 Å². The van der Waals surface area contributed by atoms with Gasteiger partial charge < -0.3 is 4.57 Å². The Hall–Kier alpha value is -1.89. The van der Waals surface area contributed by atoms with Crippen LogP contribution >= 0.6 is 22.6 Å². The Kier molecular flexibility index (Phi) is 3.92. The zero-order chi connectivity index (χ0) is 14.8. The summed E-state index contributed by atoms with van der Waals surface area (Å²) in [6, 6.07) is 15.4. The van der Waals surface area contributed by atoms with Gasteiger partial charge in [0.2, 0.25) is 5.95 Å². The average molecular weight is 391 g/mol. The molecule has 0 bridgehead atoms. The van der Waals surface area contributed by atoms with E-state index in [1.165, 1.54) is 0 Å². The van der Waals surface area contributed by atoms with Crippen molar-refractivity contribution in [3.05, 3.63) is 57.7 Å². The fourth-order valence-electron chi connectivity index (χ4n) is 2.29. The van der Waals surface area contributed by atoms with Gasteiger partial charge in [-0.1, -0.05) is 18.2 Å². The maximum Gasteiger partial charge on any atom is 0.258 e. The number of nitrogens with zero attached hydrogens (tertiary/aromatic N) is 2. The second kappa shape index (κ2) is 5.85. The third-order valence-corrected chi connectivity index (χ3v) is 3.95. The number of imidazole rings is 1. The van der Waals surface area contributed by atoms with Crippen molar-refractivity contribution in [1.82, 2.24) is 9.55 Å². The first kappa shape index (κ1) is 14.1. The summed E-state index contributed by atoms with van der Waals surface area (Å²) in [6.45, 7) is 2.79. The molecule has 106 valence electrons. The van der Waals surface area contributed by atoms with Crippen LogP contribution in [0.2, 0.25) is 0 Å². The Balaban J connectivity index is 1.96. The lowest BCUT2D eigenvalue weighted by Gasteiger charge is -2.07. The second-order valence-corrected chi connectivity index (χ2v) is 5.88. The largest absolute Gasteiger partial charge is 0.310 e. The number of rotatable bonds is 3. The number of hydrogen-bond donors (Lipinski definition) is 1. The molecule has 1 heterocycles. The number of amides is 1. The van der Waals surface area contributed by atoms with Gasteiger partial charge in [0.25, 0.3) is 5.91 Å². The van der Waals surface area contributed by atoms with Gasteiger partial charge in [0, 0.05) is 15.7 Å². The number of aryl methyl sites for hydroxylation is 1. The van der Waals surface area contributed by atoms with Gasteiger partial charge in [-0.05, 0) is 59.8 Å². The van der Waals surface area contributed by atoms with Crippen molar-refractivity contribution in [2.75, 3.05) is 5.32 Å². The van der Waals surface area contributed by atoms with E-state index in [0.717, 1.165) is 21.1 Å². The molecule has 0 radical (unpaired) electrons. The number of aromatic nitrogens is 2. The van der Waals surface area contributed by atoms with Crippen molar-refractivity contribution in [3.8, 4) is 0 Å². The highest BCUT2D eigenvalue weighted by molar-refractivity contribution is 14.1. The summed E-state index contributed by atoms with van der Waals surface area (Å²) in [4.78, 5) is 16.8. The molecule has 21 heavy (non-hydrogen) atoms. The third-order valence-electron chi connectivity index (χ3n) is 3.28. The molecule has 1 aromatic heterocycles. The molecular weight excluding hydrogens is 377 g/mol. The smallest absolute Gasteiger partial charge is 0.258 e. The molecule has 0 atom stereocenters. The number of anilines is 1. The van der Waals surface area contributed by atoms with Gasteiger partial charge in [-0.3, -0.25) is 10.1 Å². The van der Waals surface area contributed by atoms with Gasteiger partial charge in [-0.2, -0.15) is 0 Å². The van der Waals surface area contributed by atoms with Crippen LogP contribution in [0, 0.1) is 3.57 Å². The normalized spacial score (nSPS) is 10.8.